The summed E-state index contributed by atoms with van der Waals surface area (Å²) in [6.07, 6.45) is 0.386. The van der Waals surface area contributed by atoms with Crippen LogP contribution < -0.4 is 10.6 Å². The fraction of sp³-hybridized carbons (Fsp3) is 0.333. The van der Waals surface area contributed by atoms with Crippen LogP contribution in [0, 0.1) is 6.92 Å². The number of rotatable bonds is 3. The first-order valence-electron chi connectivity index (χ1n) is 6.91. The second-order valence-electron chi connectivity index (χ2n) is 5.21. The van der Waals surface area contributed by atoms with Crippen molar-refractivity contribution in [1.29, 1.82) is 0 Å². The SMILES string of the molecule is CCn1nc(C)c(Cl)c1CN1C(=O)Cc2cc(N)ccc21. The maximum absolute atomic E-state index is 12.3. The molecule has 1 aromatic heterocycles. The summed E-state index contributed by atoms with van der Waals surface area (Å²) in [4.78, 5) is 14.0. The van der Waals surface area contributed by atoms with Gasteiger partial charge in [-0.15, -0.1) is 0 Å². The molecule has 0 atom stereocenters. The highest BCUT2D eigenvalue weighted by Gasteiger charge is 2.29. The summed E-state index contributed by atoms with van der Waals surface area (Å²) in [5, 5.41) is 5.03. The number of carbonyl (C=O) groups is 1. The number of nitrogens with two attached hydrogens (primary N) is 1. The molecule has 2 heterocycles. The zero-order chi connectivity index (χ0) is 15.1. The van der Waals surface area contributed by atoms with Crippen LogP contribution in [0.15, 0.2) is 18.2 Å². The fourth-order valence-electron chi connectivity index (χ4n) is 2.75. The number of nitrogen functional groups attached to an aromatic ring is 1. The van der Waals surface area contributed by atoms with Gasteiger partial charge in [-0.3, -0.25) is 9.48 Å². The van der Waals surface area contributed by atoms with Crippen molar-refractivity contribution < 1.29 is 4.79 Å². The minimum absolute atomic E-state index is 0.0631. The van der Waals surface area contributed by atoms with Gasteiger partial charge in [0.1, 0.15) is 0 Å². The van der Waals surface area contributed by atoms with Crippen molar-refractivity contribution in [1.82, 2.24) is 9.78 Å². The Bertz CT molecular complexity index is 723. The molecular weight excluding hydrogens is 288 g/mol. The largest absolute Gasteiger partial charge is 0.399 e. The molecule has 1 aromatic carbocycles. The molecule has 3 rings (SSSR count). The van der Waals surface area contributed by atoms with Crippen molar-refractivity contribution in [3.05, 3.63) is 40.2 Å². The lowest BCUT2D eigenvalue weighted by Gasteiger charge is -2.18. The third-order valence-corrected chi connectivity index (χ3v) is 4.29. The predicted octanol–water partition coefficient (Wildman–Crippen LogP) is 2.54. The molecule has 0 unspecified atom stereocenters. The summed E-state index contributed by atoms with van der Waals surface area (Å²) < 4.78 is 1.85. The number of halogens is 1. The predicted molar refractivity (Wildman–Crippen MR) is 83.4 cm³/mol. The summed E-state index contributed by atoms with van der Waals surface area (Å²) in [5.41, 5.74) is 10.00. The Labute approximate surface area is 128 Å². The number of aryl methyl sites for hydroxylation is 2. The lowest BCUT2D eigenvalue weighted by molar-refractivity contribution is -0.117. The van der Waals surface area contributed by atoms with Crippen molar-refractivity contribution in [3.8, 4) is 0 Å². The normalized spacial score (nSPS) is 13.9. The Morgan fingerprint density at radius 3 is 2.90 bits per heavy atom. The molecule has 0 fully saturated rings. The number of amides is 1. The van der Waals surface area contributed by atoms with E-state index in [0.29, 0.717) is 23.7 Å². The molecular formula is C15H17ClN4O. The molecule has 110 valence electrons. The number of nitrogens with zero attached hydrogens (tertiary/aromatic N) is 3. The average Bonchev–Trinajstić information content (AvgIpc) is 2.90. The first-order chi connectivity index (χ1) is 10.0. The van der Waals surface area contributed by atoms with Gasteiger partial charge in [0.25, 0.3) is 0 Å². The second kappa shape index (κ2) is 5.07. The Morgan fingerprint density at radius 1 is 1.43 bits per heavy atom. The van der Waals surface area contributed by atoms with E-state index >= 15 is 0 Å². The van der Waals surface area contributed by atoms with Crippen molar-refractivity contribution in [2.45, 2.75) is 33.4 Å². The van der Waals surface area contributed by atoms with E-state index in [1.54, 1.807) is 4.90 Å². The highest BCUT2D eigenvalue weighted by Crippen LogP contribution is 2.33. The summed E-state index contributed by atoms with van der Waals surface area (Å²) in [5.74, 6) is 0.0631. The summed E-state index contributed by atoms with van der Waals surface area (Å²) >= 11 is 6.33. The molecule has 0 bridgehead atoms. The number of carbonyl (C=O) groups excluding carboxylic acids is 1. The van der Waals surface area contributed by atoms with Gasteiger partial charge >= 0.3 is 0 Å². The third-order valence-electron chi connectivity index (χ3n) is 3.80. The number of aromatic nitrogens is 2. The third kappa shape index (κ3) is 2.27. The van der Waals surface area contributed by atoms with Crippen LogP contribution in [-0.4, -0.2) is 15.7 Å². The van der Waals surface area contributed by atoms with Crippen LogP contribution in [0.1, 0.15) is 23.9 Å². The van der Waals surface area contributed by atoms with Crippen molar-refractivity contribution in [2.24, 2.45) is 0 Å². The molecule has 1 aliphatic rings. The Kier molecular flexibility index (Phi) is 3.37. The number of benzene rings is 1. The van der Waals surface area contributed by atoms with E-state index in [-0.39, 0.29) is 5.91 Å². The van der Waals surface area contributed by atoms with Gasteiger partial charge in [0, 0.05) is 17.9 Å². The molecule has 1 aliphatic heterocycles. The zero-order valence-electron chi connectivity index (χ0n) is 12.1. The van der Waals surface area contributed by atoms with E-state index in [9.17, 15) is 4.79 Å². The number of hydrogen-bond donors (Lipinski definition) is 1. The molecule has 0 saturated carbocycles. The van der Waals surface area contributed by atoms with Crippen molar-refractivity contribution >= 4 is 28.9 Å². The van der Waals surface area contributed by atoms with Crippen LogP contribution in [0.2, 0.25) is 5.02 Å². The summed E-state index contributed by atoms with van der Waals surface area (Å²) in [6.45, 7) is 5.04. The van der Waals surface area contributed by atoms with E-state index in [1.807, 2.05) is 36.7 Å². The number of hydrogen-bond acceptors (Lipinski definition) is 3. The van der Waals surface area contributed by atoms with Crippen LogP contribution >= 0.6 is 11.6 Å². The van der Waals surface area contributed by atoms with Gasteiger partial charge in [-0.1, -0.05) is 11.6 Å². The zero-order valence-corrected chi connectivity index (χ0v) is 12.8. The molecule has 2 N–H and O–H groups in total. The van der Waals surface area contributed by atoms with Gasteiger partial charge in [0.15, 0.2) is 0 Å². The number of fused-ring (bicyclic) bond motifs is 1. The maximum atomic E-state index is 12.3. The topological polar surface area (TPSA) is 64.2 Å². The van der Waals surface area contributed by atoms with Crippen LogP contribution in [0.4, 0.5) is 11.4 Å². The van der Waals surface area contributed by atoms with E-state index in [4.69, 9.17) is 17.3 Å². The van der Waals surface area contributed by atoms with Crippen LogP contribution in [-0.2, 0) is 24.3 Å². The molecule has 6 heteroatoms. The van der Waals surface area contributed by atoms with Gasteiger partial charge in [-0.2, -0.15) is 5.10 Å². The summed E-state index contributed by atoms with van der Waals surface area (Å²) in [6, 6.07) is 5.56. The monoisotopic (exact) mass is 304 g/mol. The van der Waals surface area contributed by atoms with Gasteiger partial charge in [0.05, 0.1) is 29.4 Å². The summed E-state index contributed by atoms with van der Waals surface area (Å²) in [7, 11) is 0. The lowest BCUT2D eigenvalue weighted by atomic mass is 10.1. The quantitative estimate of drug-likeness (QED) is 0.886. The highest BCUT2D eigenvalue weighted by molar-refractivity contribution is 6.31. The lowest BCUT2D eigenvalue weighted by Crippen LogP contribution is -2.27. The molecule has 2 aromatic rings. The average molecular weight is 305 g/mol. The Balaban J connectivity index is 1.98. The minimum Gasteiger partial charge on any atom is -0.399 e. The number of anilines is 2. The molecule has 0 saturated heterocycles. The van der Waals surface area contributed by atoms with Gasteiger partial charge in [-0.25, -0.2) is 0 Å². The minimum atomic E-state index is 0.0631. The van der Waals surface area contributed by atoms with Crippen LogP contribution in [0.3, 0.4) is 0 Å². The molecule has 0 aliphatic carbocycles. The van der Waals surface area contributed by atoms with E-state index in [1.165, 1.54) is 0 Å². The maximum Gasteiger partial charge on any atom is 0.231 e. The fourth-order valence-corrected chi connectivity index (χ4v) is 2.94. The smallest absolute Gasteiger partial charge is 0.231 e. The second-order valence-corrected chi connectivity index (χ2v) is 5.58. The highest BCUT2D eigenvalue weighted by atomic mass is 35.5. The van der Waals surface area contributed by atoms with Gasteiger partial charge in [-0.05, 0) is 37.6 Å². The first-order valence-corrected chi connectivity index (χ1v) is 7.29. The van der Waals surface area contributed by atoms with Crippen molar-refractivity contribution in [3.63, 3.8) is 0 Å². The van der Waals surface area contributed by atoms with Gasteiger partial charge in [0.2, 0.25) is 5.91 Å². The Morgan fingerprint density at radius 2 is 2.19 bits per heavy atom. The molecule has 1 amide bonds. The van der Waals surface area contributed by atoms with E-state index < -0.39 is 0 Å². The standard InChI is InChI=1S/C15H17ClN4O/c1-3-20-13(15(16)9(2)18-20)8-19-12-5-4-11(17)6-10(12)7-14(19)21/h4-6H,3,7-8,17H2,1-2H3. The van der Waals surface area contributed by atoms with Gasteiger partial charge < -0.3 is 10.6 Å². The van der Waals surface area contributed by atoms with E-state index in [0.717, 1.165) is 29.2 Å². The molecule has 21 heavy (non-hydrogen) atoms. The molecule has 0 spiro atoms. The van der Waals surface area contributed by atoms with Crippen LogP contribution in [0.25, 0.3) is 0 Å². The molecule has 0 radical (unpaired) electrons. The first kappa shape index (κ1) is 13.9. The Hall–Kier alpha value is -2.01. The van der Waals surface area contributed by atoms with Crippen LogP contribution in [0.5, 0.6) is 0 Å². The molecule has 5 nitrogen and oxygen atoms in total. The van der Waals surface area contributed by atoms with E-state index in [2.05, 4.69) is 5.10 Å². The van der Waals surface area contributed by atoms with Crippen molar-refractivity contribution in [2.75, 3.05) is 10.6 Å².